The van der Waals surface area contributed by atoms with E-state index in [4.69, 9.17) is 4.74 Å². The molecule has 0 saturated carbocycles. The van der Waals surface area contributed by atoms with Gasteiger partial charge in [0, 0.05) is 13.5 Å². The Bertz CT molecular complexity index is 794. The number of para-hydroxylation sites is 2. The topological polar surface area (TPSA) is 58.6 Å². The maximum atomic E-state index is 13.7. The van der Waals surface area contributed by atoms with E-state index in [0.29, 0.717) is 23.4 Å². The van der Waals surface area contributed by atoms with Crippen molar-refractivity contribution < 1.29 is 18.7 Å². The number of carbonyl (C=O) groups excluding carboxylic acids is 2. The molecule has 5 nitrogen and oxygen atoms in total. The van der Waals surface area contributed by atoms with Crippen LogP contribution in [0.3, 0.4) is 0 Å². The quantitative estimate of drug-likeness (QED) is 0.927. The Balaban J connectivity index is 1.78. The molecule has 1 N–H and O–H groups in total. The number of fused-ring (bicyclic) bond motifs is 1. The number of hydrogen-bond acceptors (Lipinski definition) is 3. The Morgan fingerprint density at radius 2 is 1.92 bits per heavy atom. The highest BCUT2D eigenvalue weighted by atomic mass is 19.1. The van der Waals surface area contributed by atoms with Crippen molar-refractivity contribution in [2.45, 2.75) is 18.9 Å². The summed E-state index contributed by atoms with van der Waals surface area (Å²) in [4.78, 5) is 26.2. The van der Waals surface area contributed by atoms with Gasteiger partial charge in [0.05, 0.1) is 12.2 Å². The number of rotatable bonds is 4. The molecule has 0 aliphatic carbocycles. The monoisotopic (exact) mass is 342 g/mol. The van der Waals surface area contributed by atoms with Crippen LogP contribution < -0.4 is 15.0 Å². The van der Waals surface area contributed by atoms with Crippen molar-refractivity contribution in [1.29, 1.82) is 0 Å². The van der Waals surface area contributed by atoms with Gasteiger partial charge in [-0.05, 0) is 30.2 Å². The number of halogens is 1. The molecule has 2 amide bonds. The first-order valence-electron chi connectivity index (χ1n) is 8.11. The SMILES string of the molecule is CNC(=O)[C@@H]1CN(C(=O)CCc2ccccc2F)c2ccccc2O1. The predicted octanol–water partition coefficient (Wildman–Crippen LogP) is 2.30. The van der Waals surface area contributed by atoms with Crippen LogP contribution in [0.2, 0.25) is 0 Å². The molecule has 6 heteroatoms. The van der Waals surface area contributed by atoms with Crippen LogP contribution in [0.1, 0.15) is 12.0 Å². The number of benzene rings is 2. The van der Waals surface area contributed by atoms with Crippen LogP contribution in [0.5, 0.6) is 5.75 Å². The molecule has 1 aliphatic rings. The van der Waals surface area contributed by atoms with Crippen molar-refractivity contribution in [3.05, 3.63) is 59.9 Å². The molecule has 1 atom stereocenters. The highest BCUT2D eigenvalue weighted by Crippen LogP contribution is 2.33. The van der Waals surface area contributed by atoms with Crippen LogP contribution in [0, 0.1) is 5.82 Å². The number of amides is 2. The van der Waals surface area contributed by atoms with Crippen LogP contribution in [0.4, 0.5) is 10.1 Å². The van der Waals surface area contributed by atoms with E-state index in [1.165, 1.54) is 13.1 Å². The van der Waals surface area contributed by atoms with Gasteiger partial charge in [-0.3, -0.25) is 9.59 Å². The van der Waals surface area contributed by atoms with Crippen molar-refractivity contribution in [2.24, 2.45) is 0 Å². The molecule has 25 heavy (non-hydrogen) atoms. The van der Waals surface area contributed by atoms with Gasteiger partial charge < -0.3 is 15.0 Å². The summed E-state index contributed by atoms with van der Waals surface area (Å²) in [6.45, 7) is 0.132. The summed E-state index contributed by atoms with van der Waals surface area (Å²) in [5, 5.41) is 2.54. The Morgan fingerprint density at radius 1 is 1.20 bits per heavy atom. The van der Waals surface area contributed by atoms with Gasteiger partial charge in [0.15, 0.2) is 6.10 Å². The minimum Gasteiger partial charge on any atom is -0.477 e. The van der Waals surface area contributed by atoms with Crippen LogP contribution in [-0.4, -0.2) is 31.5 Å². The number of anilines is 1. The maximum absolute atomic E-state index is 13.7. The number of ether oxygens (including phenoxy) is 1. The van der Waals surface area contributed by atoms with Gasteiger partial charge in [0.25, 0.3) is 5.91 Å². The smallest absolute Gasteiger partial charge is 0.262 e. The van der Waals surface area contributed by atoms with Gasteiger partial charge in [-0.25, -0.2) is 4.39 Å². The summed E-state index contributed by atoms with van der Waals surface area (Å²) in [6, 6.07) is 13.5. The Kier molecular flexibility index (Phi) is 4.97. The van der Waals surface area contributed by atoms with E-state index in [9.17, 15) is 14.0 Å². The Morgan fingerprint density at radius 3 is 2.68 bits per heavy atom. The molecule has 0 unspecified atom stereocenters. The third kappa shape index (κ3) is 3.63. The van der Waals surface area contributed by atoms with Gasteiger partial charge in [-0.2, -0.15) is 0 Å². The molecule has 2 aromatic carbocycles. The molecule has 0 saturated heterocycles. The molecule has 130 valence electrons. The van der Waals surface area contributed by atoms with Crippen molar-refractivity contribution in [2.75, 3.05) is 18.5 Å². The fourth-order valence-electron chi connectivity index (χ4n) is 2.85. The molecule has 2 aromatic rings. The number of nitrogens with zero attached hydrogens (tertiary/aromatic N) is 1. The second-order valence-corrected chi connectivity index (χ2v) is 5.78. The lowest BCUT2D eigenvalue weighted by Gasteiger charge is -2.34. The highest BCUT2D eigenvalue weighted by molar-refractivity contribution is 5.97. The fourth-order valence-corrected chi connectivity index (χ4v) is 2.85. The standard InChI is InChI=1S/C19H19FN2O3/c1-21-19(24)17-12-22(15-8-4-5-9-16(15)25-17)18(23)11-10-13-6-2-3-7-14(13)20/h2-9,17H,10-12H2,1H3,(H,21,24)/t17-/m0/s1. The summed E-state index contributed by atoms with van der Waals surface area (Å²) in [7, 11) is 1.52. The lowest BCUT2D eigenvalue weighted by atomic mass is 10.1. The minimum atomic E-state index is -0.766. The van der Waals surface area contributed by atoms with Crippen LogP contribution in [-0.2, 0) is 16.0 Å². The maximum Gasteiger partial charge on any atom is 0.262 e. The zero-order chi connectivity index (χ0) is 17.8. The number of hydrogen-bond donors (Lipinski definition) is 1. The molecule has 1 aliphatic heterocycles. The molecule has 0 aromatic heterocycles. The molecule has 0 radical (unpaired) electrons. The van der Waals surface area contributed by atoms with E-state index in [2.05, 4.69) is 5.32 Å². The Hall–Kier alpha value is -2.89. The van der Waals surface area contributed by atoms with E-state index in [-0.39, 0.29) is 30.6 Å². The second kappa shape index (κ2) is 7.34. The van der Waals surface area contributed by atoms with Gasteiger partial charge in [-0.15, -0.1) is 0 Å². The van der Waals surface area contributed by atoms with E-state index in [1.807, 2.05) is 0 Å². The first-order chi connectivity index (χ1) is 12.1. The minimum absolute atomic E-state index is 0.132. The van der Waals surface area contributed by atoms with Crippen molar-refractivity contribution in [1.82, 2.24) is 5.32 Å². The number of carbonyl (C=O) groups is 2. The van der Waals surface area contributed by atoms with Gasteiger partial charge in [0.2, 0.25) is 5.91 Å². The summed E-state index contributed by atoms with van der Waals surface area (Å²) in [5.74, 6) is -0.295. The molecule has 0 bridgehead atoms. The highest BCUT2D eigenvalue weighted by Gasteiger charge is 2.33. The molecule has 0 fully saturated rings. The molecule has 3 rings (SSSR count). The van der Waals surface area contributed by atoms with E-state index < -0.39 is 6.10 Å². The number of nitrogens with one attached hydrogen (secondary N) is 1. The molecular weight excluding hydrogens is 323 g/mol. The van der Waals surface area contributed by atoms with Gasteiger partial charge >= 0.3 is 0 Å². The zero-order valence-electron chi connectivity index (χ0n) is 13.9. The first-order valence-corrected chi connectivity index (χ1v) is 8.11. The third-order valence-electron chi connectivity index (χ3n) is 4.18. The first kappa shape index (κ1) is 17.0. The summed E-state index contributed by atoms with van der Waals surface area (Å²) < 4.78 is 19.4. The summed E-state index contributed by atoms with van der Waals surface area (Å²) in [5.41, 5.74) is 1.13. The van der Waals surface area contributed by atoms with E-state index in [0.717, 1.165) is 0 Å². The number of likely N-dealkylation sites (N-methyl/N-ethyl adjacent to an activating group) is 1. The van der Waals surface area contributed by atoms with Crippen molar-refractivity contribution >= 4 is 17.5 Å². The predicted molar refractivity (Wildman–Crippen MR) is 92.0 cm³/mol. The lowest BCUT2D eigenvalue weighted by Crippen LogP contribution is -2.50. The van der Waals surface area contributed by atoms with Crippen molar-refractivity contribution in [3.63, 3.8) is 0 Å². The van der Waals surface area contributed by atoms with E-state index >= 15 is 0 Å². The third-order valence-corrected chi connectivity index (χ3v) is 4.18. The van der Waals surface area contributed by atoms with E-state index in [1.54, 1.807) is 47.4 Å². The largest absolute Gasteiger partial charge is 0.477 e. The lowest BCUT2D eigenvalue weighted by molar-refractivity contribution is -0.127. The van der Waals surface area contributed by atoms with Crippen LogP contribution in [0.15, 0.2) is 48.5 Å². The fraction of sp³-hybridized carbons (Fsp3) is 0.263. The summed E-state index contributed by atoms with van der Waals surface area (Å²) in [6.07, 6.45) is -0.317. The Labute approximate surface area is 145 Å². The number of aryl methyl sites for hydroxylation is 1. The molecule has 1 heterocycles. The van der Waals surface area contributed by atoms with Crippen LogP contribution >= 0.6 is 0 Å². The van der Waals surface area contributed by atoms with Gasteiger partial charge in [-0.1, -0.05) is 30.3 Å². The van der Waals surface area contributed by atoms with Gasteiger partial charge in [0.1, 0.15) is 11.6 Å². The van der Waals surface area contributed by atoms with Crippen LogP contribution in [0.25, 0.3) is 0 Å². The van der Waals surface area contributed by atoms with Crippen molar-refractivity contribution in [3.8, 4) is 5.75 Å². The second-order valence-electron chi connectivity index (χ2n) is 5.78. The molecular formula is C19H19FN2O3. The zero-order valence-corrected chi connectivity index (χ0v) is 13.9. The average Bonchev–Trinajstić information content (AvgIpc) is 2.65. The summed E-state index contributed by atoms with van der Waals surface area (Å²) >= 11 is 0. The average molecular weight is 342 g/mol. The normalized spacial score (nSPS) is 15.9. The molecule has 0 spiro atoms.